The summed E-state index contributed by atoms with van der Waals surface area (Å²) >= 11 is 18.7. The van der Waals surface area contributed by atoms with Gasteiger partial charge in [0.05, 0.1) is 15.0 Å². The largest absolute Gasteiger partial charge is 0.324 e. The van der Waals surface area contributed by atoms with Crippen molar-refractivity contribution in [1.29, 1.82) is 0 Å². The van der Waals surface area contributed by atoms with Gasteiger partial charge in [-0.1, -0.05) is 53.0 Å². The van der Waals surface area contributed by atoms with Gasteiger partial charge in [0.1, 0.15) is 6.54 Å². The van der Waals surface area contributed by atoms with Crippen LogP contribution in [0.4, 0.5) is 10.5 Å². The summed E-state index contributed by atoms with van der Waals surface area (Å²) in [6, 6.07) is 11.5. The summed E-state index contributed by atoms with van der Waals surface area (Å²) < 4.78 is 0. The summed E-state index contributed by atoms with van der Waals surface area (Å²) in [7, 11) is 0. The van der Waals surface area contributed by atoms with E-state index in [-0.39, 0.29) is 9.93 Å². The third kappa shape index (κ3) is 4.65. The second-order valence-corrected chi connectivity index (χ2v) is 7.68. The number of hydrogen-bond acceptors (Lipinski definition) is 4. The second kappa shape index (κ2) is 8.35. The van der Waals surface area contributed by atoms with Crippen LogP contribution in [0.5, 0.6) is 0 Å². The Morgan fingerprint density at radius 3 is 2.59 bits per heavy atom. The second-order valence-electron chi connectivity index (χ2n) is 5.47. The monoisotopic (exact) mass is 440 g/mol. The number of nitrogens with one attached hydrogen (secondary N) is 1. The van der Waals surface area contributed by atoms with Crippen molar-refractivity contribution in [3.8, 4) is 0 Å². The van der Waals surface area contributed by atoms with E-state index in [1.807, 2.05) is 0 Å². The van der Waals surface area contributed by atoms with Crippen molar-refractivity contribution >= 4 is 75.4 Å². The van der Waals surface area contributed by atoms with Crippen LogP contribution in [0.3, 0.4) is 0 Å². The van der Waals surface area contributed by atoms with Crippen molar-refractivity contribution < 1.29 is 14.4 Å². The SMILES string of the molecule is O=C(CN1C(=O)S/C(=C/c2cccc(Cl)c2Cl)C1=O)Nc1cccc(Cl)c1. The third-order valence-corrected chi connectivity index (χ3v) is 5.53. The average Bonchev–Trinajstić information content (AvgIpc) is 2.86. The maximum atomic E-state index is 12.5. The molecule has 0 aliphatic carbocycles. The molecule has 0 unspecified atom stereocenters. The summed E-state index contributed by atoms with van der Waals surface area (Å²) in [6.45, 7) is -0.405. The average molecular weight is 442 g/mol. The van der Waals surface area contributed by atoms with Gasteiger partial charge >= 0.3 is 0 Å². The first-order valence-corrected chi connectivity index (χ1v) is 9.55. The minimum absolute atomic E-state index is 0.166. The van der Waals surface area contributed by atoms with Crippen molar-refractivity contribution in [2.75, 3.05) is 11.9 Å². The highest BCUT2D eigenvalue weighted by molar-refractivity contribution is 8.18. The number of hydrogen-bond donors (Lipinski definition) is 1. The van der Waals surface area contributed by atoms with Gasteiger partial charge < -0.3 is 5.32 Å². The number of halogens is 3. The summed E-state index contributed by atoms with van der Waals surface area (Å²) in [6.07, 6.45) is 1.48. The van der Waals surface area contributed by atoms with E-state index in [0.717, 1.165) is 16.7 Å². The minimum Gasteiger partial charge on any atom is -0.324 e. The normalized spacial score (nSPS) is 15.5. The summed E-state index contributed by atoms with van der Waals surface area (Å²) in [5, 5.41) is 3.14. The van der Waals surface area contributed by atoms with E-state index in [9.17, 15) is 14.4 Å². The molecule has 0 aromatic heterocycles. The predicted octanol–water partition coefficient (Wildman–Crippen LogP) is 5.32. The molecule has 1 aliphatic rings. The maximum absolute atomic E-state index is 12.5. The van der Waals surface area contributed by atoms with Crippen molar-refractivity contribution in [3.63, 3.8) is 0 Å². The molecule has 0 bridgehead atoms. The Morgan fingerprint density at radius 1 is 1.11 bits per heavy atom. The van der Waals surface area contributed by atoms with Crippen LogP contribution in [0, 0.1) is 0 Å². The molecule has 1 saturated heterocycles. The number of thioether (sulfide) groups is 1. The number of nitrogens with zero attached hydrogens (tertiary/aromatic N) is 1. The molecule has 2 aromatic rings. The smallest absolute Gasteiger partial charge is 0.294 e. The Labute approximate surface area is 174 Å². The molecule has 0 atom stereocenters. The molecule has 1 heterocycles. The fraction of sp³-hybridized carbons (Fsp3) is 0.0556. The number of carbonyl (C=O) groups excluding carboxylic acids is 3. The van der Waals surface area contributed by atoms with E-state index in [1.165, 1.54) is 6.08 Å². The van der Waals surface area contributed by atoms with E-state index in [4.69, 9.17) is 34.8 Å². The molecular weight excluding hydrogens is 431 g/mol. The van der Waals surface area contributed by atoms with E-state index in [1.54, 1.807) is 42.5 Å². The number of amides is 3. The number of carbonyl (C=O) groups is 3. The molecule has 0 saturated carbocycles. The Bertz CT molecular complexity index is 978. The minimum atomic E-state index is -0.567. The molecule has 5 nitrogen and oxygen atoms in total. The molecule has 3 rings (SSSR count). The molecule has 0 radical (unpaired) electrons. The Kier molecular flexibility index (Phi) is 6.11. The zero-order valence-electron chi connectivity index (χ0n) is 13.5. The number of imide groups is 1. The van der Waals surface area contributed by atoms with E-state index in [0.29, 0.717) is 21.3 Å². The van der Waals surface area contributed by atoms with E-state index in [2.05, 4.69) is 5.32 Å². The lowest BCUT2D eigenvalue weighted by Gasteiger charge is -2.12. The lowest BCUT2D eigenvalue weighted by atomic mass is 10.2. The van der Waals surface area contributed by atoms with Gasteiger partial charge in [-0.2, -0.15) is 0 Å². The quantitative estimate of drug-likeness (QED) is 0.652. The van der Waals surface area contributed by atoms with Gasteiger partial charge in [0.25, 0.3) is 11.1 Å². The van der Waals surface area contributed by atoms with E-state index < -0.39 is 23.6 Å². The van der Waals surface area contributed by atoms with Crippen LogP contribution >= 0.6 is 46.6 Å². The van der Waals surface area contributed by atoms with Crippen LogP contribution in [0.25, 0.3) is 6.08 Å². The van der Waals surface area contributed by atoms with Gasteiger partial charge in [-0.15, -0.1) is 0 Å². The summed E-state index contributed by atoms with van der Waals surface area (Å²) in [5.74, 6) is -1.08. The Hall–Kier alpha value is -1.99. The molecule has 138 valence electrons. The van der Waals surface area contributed by atoms with Crippen LogP contribution in [0.2, 0.25) is 15.1 Å². The number of benzene rings is 2. The zero-order chi connectivity index (χ0) is 19.6. The summed E-state index contributed by atoms with van der Waals surface area (Å²) in [5.41, 5.74) is 0.985. The van der Waals surface area contributed by atoms with Gasteiger partial charge in [0.2, 0.25) is 5.91 Å². The van der Waals surface area contributed by atoms with Gasteiger partial charge in [-0.25, -0.2) is 0 Å². The summed E-state index contributed by atoms with van der Waals surface area (Å²) in [4.78, 5) is 37.8. The molecule has 3 amide bonds. The molecule has 1 aliphatic heterocycles. The zero-order valence-corrected chi connectivity index (χ0v) is 16.6. The van der Waals surface area contributed by atoms with Crippen LogP contribution in [0.1, 0.15) is 5.56 Å². The highest BCUT2D eigenvalue weighted by atomic mass is 35.5. The lowest BCUT2D eigenvalue weighted by Crippen LogP contribution is -2.36. The van der Waals surface area contributed by atoms with Gasteiger partial charge in [0, 0.05) is 10.7 Å². The van der Waals surface area contributed by atoms with Gasteiger partial charge in [-0.3, -0.25) is 19.3 Å². The molecular formula is C18H11Cl3N2O3S. The molecule has 0 spiro atoms. The van der Waals surface area contributed by atoms with Crippen LogP contribution in [-0.2, 0) is 9.59 Å². The molecule has 1 N–H and O–H groups in total. The molecule has 9 heteroatoms. The predicted molar refractivity (Wildman–Crippen MR) is 109 cm³/mol. The highest BCUT2D eigenvalue weighted by Crippen LogP contribution is 2.35. The number of rotatable bonds is 4. The van der Waals surface area contributed by atoms with Crippen LogP contribution < -0.4 is 5.32 Å². The van der Waals surface area contributed by atoms with Crippen molar-refractivity contribution in [1.82, 2.24) is 4.90 Å². The Morgan fingerprint density at radius 2 is 1.85 bits per heavy atom. The third-order valence-electron chi connectivity index (χ3n) is 3.55. The van der Waals surface area contributed by atoms with Crippen LogP contribution in [0.15, 0.2) is 47.4 Å². The topological polar surface area (TPSA) is 66.5 Å². The first-order chi connectivity index (χ1) is 12.8. The first kappa shape index (κ1) is 19.8. The Balaban J connectivity index is 1.73. The first-order valence-electron chi connectivity index (χ1n) is 7.60. The highest BCUT2D eigenvalue weighted by Gasteiger charge is 2.36. The van der Waals surface area contributed by atoms with Crippen molar-refractivity contribution in [2.45, 2.75) is 0 Å². The van der Waals surface area contributed by atoms with Gasteiger partial charge in [-0.05, 0) is 47.7 Å². The van der Waals surface area contributed by atoms with Gasteiger partial charge in [0.15, 0.2) is 0 Å². The lowest BCUT2D eigenvalue weighted by molar-refractivity contribution is -0.127. The fourth-order valence-electron chi connectivity index (χ4n) is 2.32. The fourth-order valence-corrected chi connectivity index (χ4v) is 3.70. The molecule has 1 fully saturated rings. The standard InChI is InChI=1S/C18H11Cl3N2O3S/c19-11-4-2-5-12(8-11)22-15(24)9-23-17(25)14(27-18(23)26)7-10-3-1-6-13(20)16(10)21/h1-8H,9H2,(H,22,24)/b14-7+. The maximum Gasteiger partial charge on any atom is 0.294 e. The van der Waals surface area contributed by atoms with Crippen molar-refractivity contribution in [2.24, 2.45) is 0 Å². The van der Waals surface area contributed by atoms with E-state index >= 15 is 0 Å². The van der Waals surface area contributed by atoms with Crippen molar-refractivity contribution in [3.05, 3.63) is 68.0 Å². The number of anilines is 1. The molecule has 27 heavy (non-hydrogen) atoms. The van der Waals surface area contributed by atoms with Crippen LogP contribution in [-0.4, -0.2) is 28.5 Å². The molecule has 2 aromatic carbocycles.